The lowest BCUT2D eigenvalue weighted by Gasteiger charge is -2.13. The third-order valence-electron chi connectivity index (χ3n) is 5.61. The van der Waals surface area contributed by atoms with E-state index in [0.717, 1.165) is 11.3 Å². The van der Waals surface area contributed by atoms with Crippen molar-refractivity contribution in [3.8, 4) is 16.9 Å². The molecule has 0 aliphatic carbocycles. The minimum Gasteiger partial charge on any atom is -0.268 e. The van der Waals surface area contributed by atoms with Crippen molar-refractivity contribution in [1.82, 2.24) is 14.8 Å². The van der Waals surface area contributed by atoms with Gasteiger partial charge in [-0.05, 0) is 24.3 Å². The molecular weight excluding hydrogens is 400 g/mol. The molecule has 0 fully saturated rings. The first-order valence-corrected chi connectivity index (χ1v) is 10.2. The van der Waals surface area contributed by atoms with Gasteiger partial charge in [0.15, 0.2) is 5.65 Å². The number of hydrogen-bond acceptors (Lipinski definition) is 4. The van der Waals surface area contributed by atoms with Gasteiger partial charge in [-0.15, -0.1) is 0 Å². The largest absolute Gasteiger partial charge is 0.268 e. The molecule has 1 aliphatic rings. The Hall–Kier alpha value is -4.58. The van der Waals surface area contributed by atoms with E-state index in [-0.39, 0.29) is 17.4 Å². The molecule has 3 heterocycles. The summed E-state index contributed by atoms with van der Waals surface area (Å²) >= 11 is 0. The Kier molecular flexibility index (Phi) is 3.98. The van der Waals surface area contributed by atoms with Crippen molar-refractivity contribution < 1.29 is 9.59 Å². The minimum absolute atomic E-state index is 0.288. The van der Waals surface area contributed by atoms with Crippen LogP contribution in [0.5, 0.6) is 0 Å². The fourth-order valence-corrected chi connectivity index (χ4v) is 4.15. The van der Waals surface area contributed by atoms with Crippen molar-refractivity contribution in [3.63, 3.8) is 0 Å². The summed E-state index contributed by atoms with van der Waals surface area (Å²) in [5.41, 5.74) is 3.98. The van der Waals surface area contributed by atoms with Gasteiger partial charge in [-0.3, -0.25) is 9.59 Å². The SMILES string of the molecule is O=C1c2cnc3c(c(-c4ccccc4)nn3-c3ccccc3)c2C(=O)N1c1ccccc1. The van der Waals surface area contributed by atoms with E-state index in [4.69, 9.17) is 5.10 Å². The molecule has 2 aromatic heterocycles. The molecule has 2 amide bonds. The van der Waals surface area contributed by atoms with Crippen LogP contribution < -0.4 is 4.90 Å². The molecule has 0 N–H and O–H groups in total. The van der Waals surface area contributed by atoms with Crippen molar-refractivity contribution in [1.29, 1.82) is 0 Å². The summed E-state index contributed by atoms with van der Waals surface area (Å²) < 4.78 is 1.72. The van der Waals surface area contributed by atoms with Crippen LogP contribution in [0, 0.1) is 0 Å². The zero-order valence-corrected chi connectivity index (χ0v) is 16.8. The Morgan fingerprint density at radius 2 is 1.25 bits per heavy atom. The third kappa shape index (κ3) is 2.60. The van der Waals surface area contributed by atoms with Crippen LogP contribution in [0.25, 0.3) is 28.0 Å². The van der Waals surface area contributed by atoms with E-state index in [1.807, 2.05) is 66.7 Å². The number of pyridine rings is 1. The molecule has 6 rings (SSSR count). The quantitative estimate of drug-likeness (QED) is 0.393. The summed E-state index contributed by atoms with van der Waals surface area (Å²) in [6.45, 7) is 0. The monoisotopic (exact) mass is 416 g/mol. The average Bonchev–Trinajstić information content (AvgIpc) is 3.36. The van der Waals surface area contributed by atoms with Crippen molar-refractivity contribution >= 4 is 28.5 Å². The molecule has 0 atom stereocenters. The fraction of sp³-hybridized carbons (Fsp3) is 0. The van der Waals surface area contributed by atoms with Gasteiger partial charge in [0, 0.05) is 11.8 Å². The molecule has 1 aliphatic heterocycles. The van der Waals surface area contributed by atoms with E-state index in [0.29, 0.717) is 28.0 Å². The van der Waals surface area contributed by atoms with Crippen molar-refractivity contribution in [2.24, 2.45) is 0 Å². The lowest BCUT2D eigenvalue weighted by atomic mass is 10.0. The number of anilines is 1. The number of imide groups is 1. The molecule has 0 saturated carbocycles. The Balaban J connectivity index is 1.66. The van der Waals surface area contributed by atoms with Crippen LogP contribution in [0.4, 0.5) is 5.69 Å². The summed E-state index contributed by atoms with van der Waals surface area (Å²) in [6, 6.07) is 28.2. The highest BCUT2D eigenvalue weighted by Crippen LogP contribution is 2.37. The van der Waals surface area contributed by atoms with Gasteiger partial charge in [-0.2, -0.15) is 5.10 Å². The molecule has 6 heteroatoms. The molecule has 32 heavy (non-hydrogen) atoms. The van der Waals surface area contributed by atoms with Gasteiger partial charge < -0.3 is 0 Å². The molecule has 0 bridgehead atoms. The van der Waals surface area contributed by atoms with Crippen molar-refractivity contribution in [2.75, 3.05) is 4.90 Å². The topological polar surface area (TPSA) is 68.1 Å². The van der Waals surface area contributed by atoms with Gasteiger partial charge in [0.05, 0.1) is 27.9 Å². The Bertz CT molecular complexity index is 1490. The molecule has 6 nitrogen and oxygen atoms in total. The number of benzene rings is 3. The lowest BCUT2D eigenvalue weighted by molar-refractivity contribution is 0.0926. The molecule has 5 aromatic rings. The second-order valence-electron chi connectivity index (χ2n) is 7.49. The van der Waals surface area contributed by atoms with Gasteiger partial charge in [0.25, 0.3) is 11.8 Å². The number of amides is 2. The number of para-hydroxylation sites is 2. The predicted octanol–water partition coefficient (Wildman–Crippen LogP) is 4.89. The lowest BCUT2D eigenvalue weighted by Crippen LogP contribution is -2.29. The standard InChI is InChI=1S/C26H16N4O2/c31-25-20-16-27-24-22(21(20)26(32)29(25)18-12-6-2-7-13-18)23(17-10-4-1-5-11-17)28-30(24)19-14-8-3-9-15-19/h1-16H. The van der Waals surface area contributed by atoms with Crippen LogP contribution in [0.3, 0.4) is 0 Å². The van der Waals surface area contributed by atoms with Crippen LogP contribution in [-0.2, 0) is 0 Å². The third-order valence-corrected chi connectivity index (χ3v) is 5.61. The molecule has 0 saturated heterocycles. The van der Waals surface area contributed by atoms with Crippen molar-refractivity contribution in [3.05, 3.63) is 108 Å². The molecule has 152 valence electrons. The van der Waals surface area contributed by atoms with Gasteiger partial charge in [-0.1, -0.05) is 66.7 Å². The normalized spacial score (nSPS) is 13.1. The molecular formula is C26H16N4O2. The zero-order valence-electron chi connectivity index (χ0n) is 16.8. The number of fused-ring (bicyclic) bond motifs is 3. The number of aromatic nitrogens is 3. The second kappa shape index (κ2) is 6.99. The number of rotatable bonds is 3. The maximum atomic E-state index is 13.6. The smallest absolute Gasteiger partial charge is 0.267 e. The van der Waals surface area contributed by atoms with E-state index in [9.17, 15) is 9.59 Å². The average molecular weight is 416 g/mol. The Morgan fingerprint density at radius 1 is 0.656 bits per heavy atom. The highest BCUT2D eigenvalue weighted by Gasteiger charge is 2.40. The van der Waals surface area contributed by atoms with Gasteiger partial charge >= 0.3 is 0 Å². The Labute approximate surface area is 183 Å². The van der Waals surface area contributed by atoms with Crippen LogP contribution in [-0.4, -0.2) is 26.6 Å². The summed E-state index contributed by atoms with van der Waals surface area (Å²) in [7, 11) is 0. The first kappa shape index (κ1) is 18.2. The number of carbonyl (C=O) groups is 2. The summed E-state index contributed by atoms with van der Waals surface area (Å²) in [5, 5.41) is 5.41. The molecule has 0 radical (unpaired) electrons. The second-order valence-corrected chi connectivity index (χ2v) is 7.49. The number of nitrogens with zero attached hydrogens (tertiary/aromatic N) is 4. The number of hydrogen-bond donors (Lipinski definition) is 0. The summed E-state index contributed by atoms with van der Waals surface area (Å²) in [6.07, 6.45) is 1.48. The number of carbonyl (C=O) groups excluding carboxylic acids is 2. The maximum Gasteiger partial charge on any atom is 0.267 e. The Morgan fingerprint density at radius 3 is 1.91 bits per heavy atom. The maximum absolute atomic E-state index is 13.6. The molecule has 0 unspecified atom stereocenters. The first-order chi connectivity index (χ1) is 15.7. The minimum atomic E-state index is -0.378. The van der Waals surface area contributed by atoms with Crippen LogP contribution in [0.1, 0.15) is 20.7 Å². The summed E-state index contributed by atoms with van der Waals surface area (Å²) in [4.78, 5) is 32.6. The van der Waals surface area contributed by atoms with Gasteiger partial charge in [-0.25, -0.2) is 14.6 Å². The van der Waals surface area contributed by atoms with Crippen LogP contribution in [0.15, 0.2) is 97.2 Å². The van der Waals surface area contributed by atoms with Crippen LogP contribution >= 0.6 is 0 Å². The zero-order chi connectivity index (χ0) is 21.7. The molecule has 0 spiro atoms. The first-order valence-electron chi connectivity index (χ1n) is 10.2. The summed E-state index contributed by atoms with van der Waals surface area (Å²) in [5.74, 6) is -0.745. The van der Waals surface area contributed by atoms with E-state index < -0.39 is 0 Å². The van der Waals surface area contributed by atoms with E-state index in [1.54, 1.807) is 28.9 Å². The van der Waals surface area contributed by atoms with E-state index in [2.05, 4.69) is 4.98 Å². The van der Waals surface area contributed by atoms with Gasteiger partial charge in [0.2, 0.25) is 0 Å². The highest BCUT2D eigenvalue weighted by atomic mass is 16.2. The van der Waals surface area contributed by atoms with Crippen LogP contribution in [0.2, 0.25) is 0 Å². The van der Waals surface area contributed by atoms with E-state index >= 15 is 0 Å². The van der Waals surface area contributed by atoms with Gasteiger partial charge in [0.1, 0.15) is 5.69 Å². The highest BCUT2D eigenvalue weighted by molar-refractivity contribution is 6.38. The van der Waals surface area contributed by atoms with Crippen molar-refractivity contribution in [2.45, 2.75) is 0 Å². The predicted molar refractivity (Wildman–Crippen MR) is 122 cm³/mol. The fourth-order valence-electron chi connectivity index (χ4n) is 4.15. The molecule has 3 aromatic carbocycles. The van der Waals surface area contributed by atoms with E-state index in [1.165, 1.54) is 11.1 Å².